The van der Waals surface area contributed by atoms with Gasteiger partial charge in [-0.05, 0) is 51.9 Å². The van der Waals surface area contributed by atoms with Gasteiger partial charge < -0.3 is 9.84 Å². The number of aryl methyl sites for hydroxylation is 1. The number of nitrogens with zero attached hydrogens (tertiary/aromatic N) is 4. The van der Waals surface area contributed by atoms with E-state index in [1.807, 2.05) is 36.4 Å². The van der Waals surface area contributed by atoms with Crippen LogP contribution in [-0.2, 0) is 16.6 Å². The third kappa shape index (κ3) is 5.07. The minimum atomic E-state index is -0.741. The summed E-state index contributed by atoms with van der Waals surface area (Å²) >= 11 is 12.6. The largest absolute Gasteiger partial charge is 0.458 e. The fourth-order valence-corrected chi connectivity index (χ4v) is 4.00. The van der Waals surface area contributed by atoms with Gasteiger partial charge in [0, 0.05) is 34.7 Å². The summed E-state index contributed by atoms with van der Waals surface area (Å²) in [5.41, 5.74) is 3.15. The van der Waals surface area contributed by atoms with Crippen molar-refractivity contribution in [3.8, 4) is 0 Å². The van der Waals surface area contributed by atoms with Gasteiger partial charge in [0.05, 0.1) is 12.5 Å². The fraction of sp³-hybridized carbons (Fsp3) is 0.217. The number of allylic oxidation sites excluding steroid dienone is 2. The van der Waals surface area contributed by atoms with Gasteiger partial charge in [-0.2, -0.15) is 0 Å². The highest BCUT2D eigenvalue weighted by molar-refractivity contribution is 6.31. The van der Waals surface area contributed by atoms with Crippen molar-refractivity contribution in [1.82, 2.24) is 20.2 Å². The summed E-state index contributed by atoms with van der Waals surface area (Å²) in [6, 6.07) is 14.9. The van der Waals surface area contributed by atoms with E-state index < -0.39 is 18.2 Å². The summed E-state index contributed by atoms with van der Waals surface area (Å²) in [6.07, 6.45) is 2.54. The highest BCUT2D eigenvalue weighted by atomic mass is 35.5. The molecule has 7 nitrogen and oxygen atoms in total. The summed E-state index contributed by atoms with van der Waals surface area (Å²) in [4.78, 5) is 11.8. The van der Waals surface area contributed by atoms with Crippen LogP contribution >= 0.6 is 23.2 Å². The molecule has 0 amide bonds. The highest BCUT2D eigenvalue weighted by Crippen LogP contribution is 2.34. The van der Waals surface area contributed by atoms with Crippen molar-refractivity contribution in [2.24, 2.45) is 7.05 Å². The van der Waals surface area contributed by atoms with Crippen molar-refractivity contribution in [3.05, 3.63) is 87.7 Å². The first-order chi connectivity index (χ1) is 15.4. The smallest absolute Gasteiger partial charge is 0.309 e. The number of carbonyl (C=O) groups is 1. The molecule has 1 aliphatic heterocycles. The molecule has 2 aromatic carbocycles. The molecule has 2 heterocycles. The van der Waals surface area contributed by atoms with E-state index in [-0.39, 0.29) is 6.42 Å². The Balaban J connectivity index is 1.93. The van der Waals surface area contributed by atoms with Crippen molar-refractivity contribution >= 4 is 40.3 Å². The van der Waals surface area contributed by atoms with Gasteiger partial charge in [-0.25, -0.2) is 4.68 Å². The van der Waals surface area contributed by atoms with E-state index in [0.717, 1.165) is 16.7 Å². The molecular weight excluding hydrogens is 451 g/mol. The van der Waals surface area contributed by atoms with Gasteiger partial charge in [-0.3, -0.25) is 4.79 Å². The Kier molecular flexibility index (Phi) is 6.69. The zero-order valence-electron chi connectivity index (χ0n) is 17.2. The number of hydrogen-bond donors (Lipinski definition) is 1. The number of cyclic esters (lactones) is 1. The predicted molar refractivity (Wildman–Crippen MR) is 122 cm³/mol. The van der Waals surface area contributed by atoms with E-state index >= 15 is 0 Å². The molecule has 0 saturated carbocycles. The number of halogens is 2. The molecule has 0 unspecified atom stereocenters. The van der Waals surface area contributed by atoms with Crippen molar-refractivity contribution in [2.75, 3.05) is 0 Å². The van der Waals surface area contributed by atoms with Crippen molar-refractivity contribution in [3.63, 3.8) is 0 Å². The Labute approximate surface area is 194 Å². The van der Waals surface area contributed by atoms with Crippen LogP contribution in [0.3, 0.4) is 0 Å². The molecule has 0 radical (unpaired) electrons. The first-order valence-electron chi connectivity index (χ1n) is 9.95. The van der Waals surface area contributed by atoms with E-state index in [1.165, 1.54) is 0 Å². The highest BCUT2D eigenvalue weighted by Gasteiger charge is 2.26. The standard InChI is InChI=1S/C23H20Cl2N4O3/c1-29-23(26-27-28-29)20(9-8-19-12-18(30)13-21(31)32-19)22(14-4-2-6-16(24)10-14)15-5-3-7-17(25)11-15/h2-11,18-19,30H,12-13H2,1H3/b9-8+/t18-,19-/m1/s1. The van der Waals surface area contributed by atoms with E-state index in [2.05, 4.69) is 15.5 Å². The summed E-state index contributed by atoms with van der Waals surface area (Å²) in [5.74, 6) is 0.0630. The monoisotopic (exact) mass is 470 g/mol. The second-order valence-electron chi connectivity index (χ2n) is 7.42. The average Bonchev–Trinajstić information content (AvgIpc) is 3.16. The number of esters is 1. The number of benzene rings is 2. The molecule has 1 aromatic heterocycles. The van der Waals surface area contributed by atoms with Crippen LogP contribution in [0, 0.1) is 0 Å². The number of ether oxygens (including phenoxy) is 1. The Bertz CT molecular complexity index is 1160. The molecule has 1 saturated heterocycles. The summed E-state index contributed by atoms with van der Waals surface area (Å²) in [5, 5.41) is 23.1. The van der Waals surface area contributed by atoms with Gasteiger partial charge in [0.1, 0.15) is 6.10 Å². The van der Waals surface area contributed by atoms with Crippen LogP contribution in [0.1, 0.15) is 29.8 Å². The maximum Gasteiger partial charge on any atom is 0.309 e. The SMILES string of the molecule is Cn1nnnc1C(/C=C/[C@@H]1C[C@@H](O)CC(=O)O1)=C(c1cccc(Cl)c1)c1cccc(Cl)c1. The minimum Gasteiger partial charge on any atom is -0.458 e. The molecule has 0 bridgehead atoms. The molecule has 0 spiro atoms. The zero-order chi connectivity index (χ0) is 22.7. The van der Waals surface area contributed by atoms with E-state index in [4.69, 9.17) is 27.9 Å². The Morgan fingerprint density at radius 2 is 1.81 bits per heavy atom. The molecule has 9 heteroatoms. The number of aliphatic hydroxyl groups excluding tert-OH is 1. The predicted octanol–water partition coefficient (Wildman–Crippen LogP) is 4.10. The number of hydrogen-bond acceptors (Lipinski definition) is 6. The lowest BCUT2D eigenvalue weighted by atomic mass is 9.91. The normalized spacial score (nSPS) is 18.6. The lowest BCUT2D eigenvalue weighted by Crippen LogP contribution is -2.31. The van der Waals surface area contributed by atoms with Gasteiger partial charge >= 0.3 is 5.97 Å². The quantitative estimate of drug-likeness (QED) is 0.445. The molecule has 0 aliphatic carbocycles. The third-order valence-corrected chi connectivity index (χ3v) is 5.49. The lowest BCUT2D eigenvalue weighted by molar-refractivity contribution is -0.156. The first kappa shape index (κ1) is 22.2. The Morgan fingerprint density at radius 3 is 2.34 bits per heavy atom. The van der Waals surface area contributed by atoms with Crippen LogP contribution in [0.4, 0.5) is 0 Å². The van der Waals surface area contributed by atoms with Crippen LogP contribution in [0.15, 0.2) is 60.7 Å². The number of aliphatic hydroxyl groups is 1. The van der Waals surface area contributed by atoms with Gasteiger partial charge in [0.25, 0.3) is 0 Å². The molecule has 1 aliphatic rings. The van der Waals surface area contributed by atoms with Gasteiger partial charge in [0.2, 0.25) is 0 Å². The van der Waals surface area contributed by atoms with Crippen molar-refractivity contribution in [2.45, 2.75) is 25.0 Å². The molecule has 1 N–H and O–H groups in total. The number of aromatic nitrogens is 4. The maximum atomic E-state index is 11.8. The second-order valence-corrected chi connectivity index (χ2v) is 8.29. The van der Waals surface area contributed by atoms with Crippen LogP contribution in [0.25, 0.3) is 11.1 Å². The molecule has 4 rings (SSSR count). The van der Waals surface area contributed by atoms with Crippen LogP contribution in [0.2, 0.25) is 10.0 Å². The zero-order valence-corrected chi connectivity index (χ0v) is 18.7. The van der Waals surface area contributed by atoms with Gasteiger partial charge in [-0.1, -0.05) is 53.5 Å². The molecule has 1 fully saturated rings. The number of carbonyl (C=O) groups excluding carboxylic acids is 1. The van der Waals surface area contributed by atoms with Crippen LogP contribution in [-0.4, -0.2) is 43.5 Å². The van der Waals surface area contributed by atoms with Crippen molar-refractivity contribution < 1.29 is 14.6 Å². The van der Waals surface area contributed by atoms with Gasteiger partial charge in [0.15, 0.2) is 5.82 Å². The first-order valence-corrected chi connectivity index (χ1v) is 10.7. The molecule has 32 heavy (non-hydrogen) atoms. The number of rotatable bonds is 5. The molecule has 3 aromatic rings. The maximum absolute atomic E-state index is 11.8. The van der Waals surface area contributed by atoms with E-state index in [0.29, 0.717) is 27.9 Å². The number of tetrazole rings is 1. The lowest BCUT2D eigenvalue weighted by Gasteiger charge is -2.23. The molecule has 164 valence electrons. The Morgan fingerprint density at radius 1 is 1.16 bits per heavy atom. The van der Waals surface area contributed by atoms with Crippen LogP contribution in [0.5, 0.6) is 0 Å². The minimum absolute atomic E-state index is 0.00345. The third-order valence-electron chi connectivity index (χ3n) is 5.02. The van der Waals surface area contributed by atoms with E-state index in [1.54, 1.807) is 36.0 Å². The average molecular weight is 471 g/mol. The topological polar surface area (TPSA) is 90.1 Å². The fourth-order valence-electron chi connectivity index (χ4n) is 3.62. The summed E-state index contributed by atoms with van der Waals surface area (Å²) in [7, 11) is 1.74. The molecular formula is C23H20Cl2N4O3. The summed E-state index contributed by atoms with van der Waals surface area (Å²) < 4.78 is 6.93. The van der Waals surface area contributed by atoms with E-state index in [9.17, 15) is 9.90 Å². The molecule has 2 atom stereocenters. The van der Waals surface area contributed by atoms with Crippen LogP contribution < -0.4 is 0 Å². The van der Waals surface area contributed by atoms with Gasteiger partial charge in [-0.15, -0.1) is 5.10 Å². The second kappa shape index (κ2) is 9.65. The summed E-state index contributed by atoms with van der Waals surface area (Å²) in [6.45, 7) is 0. The van der Waals surface area contributed by atoms with Crippen molar-refractivity contribution in [1.29, 1.82) is 0 Å². The Hall–Kier alpha value is -3.00.